The number of carboxylic acids is 1. The SMILES string of the molecule is O=C(Cc1ccccc1C(F)(F)F)NCc1cc(Cl)cc2cc(C(=O)O)c(=O)[nH]c12. The molecule has 0 radical (unpaired) electrons. The number of amides is 1. The summed E-state index contributed by atoms with van der Waals surface area (Å²) >= 11 is 6.03. The number of aromatic nitrogens is 1. The first-order chi connectivity index (χ1) is 14.1. The number of benzene rings is 2. The fourth-order valence-electron chi connectivity index (χ4n) is 3.03. The zero-order chi connectivity index (χ0) is 22.1. The monoisotopic (exact) mass is 438 g/mol. The van der Waals surface area contributed by atoms with Crippen molar-refractivity contribution in [2.45, 2.75) is 19.1 Å². The molecule has 0 aliphatic carbocycles. The molecule has 1 aromatic heterocycles. The van der Waals surface area contributed by atoms with E-state index < -0.39 is 41.2 Å². The lowest BCUT2D eigenvalue weighted by Gasteiger charge is -2.13. The van der Waals surface area contributed by atoms with Crippen LogP contribution in [0.25, 0.3) is 10.9 Å². The fourth-order valence-corrected chi connectivity index (χ4v) is 3.28. The van der Waals surface area contributed by atoms with Crippen molar-refractivity contribution < 1.29 is 27.9 Å². The Morgan fingerprint density at radius 3 is 2.47 bits per heavy atom. The molecule has 6 nitrogen and oxygen atoms in total. The van der Waals surface area contributed by atoms with Crippen molar-refractivity contribution >= 4 is 34.4 Å². The van der Waals surface area contributed by atoms with Crippen molar-refractivity contribution in [2.75, 3.05) is 0 Å². The maximum absolute atomic E-state index is 13.1. The molecule has 0 unspecified atom stereocenters. The number of nitrogens with one attached hydrogen (secondary N) is 2. The molecule has 0 saturated carbocycles. The maximum atomic E-state index is 13.1. The first-order valence-electron chi connectivity index (χ1n) is 8.57. The van der Waals surface area contributed by atoms with Gasteiger partial charge < -0.3 is 15.4 Å². The van der Waals surface area contributed by atoms with Gasteiger partial charge in [-0.25, -0.2) is 4.79 Å². The Bertz CT molecular complexity index is 1200. The van der Waals surface area contributed by atoms with Gasteiger partial charge in [0.2, 0.25) is 5.91 Å². The van der Waals surface area contributed by atoms with Crippen LogP contribution in [-0.2, 0) is 23.9 Å². The molecule has 0 bridgehead atoms. The van der Waals surface area contributed by atoms with E-state index in [0.717, 1.165) is 12.1 Å². The van der Waals surface area contributed by atoms with Gasteiger partial charge in [0.15, 0.2) is 0 Å². The number of alkyl halides is 3. The third-order valence-corrected chi connectivity index (χ3v) is 4.60. The summed E-state index contributed by atoms with van der Waals surface area (Å²) in [6, 6.07) is 8.85. The standard InChI is InChI=1S/C20H14ClF3N2O4/c21-13-5-11-7-14(19(29)30)18(28)26-17(11)12(6-13)9-25-16(27)8-10-3-1-2-4-15(10)20(22,23)24/h1-7H,8-9H2,(H,25,27)(H,26,28)(H,29,30). The van der Waals surface area contributed by atoms with Gasteiger partial charge in [-0.05, 0) is 35.4 Å². The highest BCUT2D eigenvalue weighted by molar-refractivity contribution is 6.31. The number of H-pyrrole nitrogens is 1. The fraction of sp³-hybridized carbons (Fsp3) is 0.150. The minimum absolute atomic E-state index is 0.133. The second-order valence-corrected chi connectivity index (χ2v) is 6.89. The molecule has 0 spiro atoms. The van der Waals surface area contributed by atoms with Gasteiger partial charge in [0, 0.05) is 17.0 Å². The topological polar surface area (TPSA) is 99.3 Å². The summed E-state index contributed by atoms with van der Waals surface area (Å²) in [5, 5.41) is 12.1. The van der Waals surface area contributed by atoms with Crippen molar-refractivity contribution in [2.24, 2.45) is 0 Å². The summed E-state index contributed by atoms with van der Waals surface area (Å²) < 4.78 is 39.2. The summed E-state index contributed by atoms with van der Waals surface area (Å²) in [7, 11) is 0. The maximum Gasteiger partial charge on any atom is 0.416 e. The van der Waals surface area contributed by atoms with E-state index in [4.69, 9.17) is 16.7 Å². The molecule has 0 fully saturated rings. The van der Waals surface area contributed by atoms with E-state index in [1.54, 1.807) is 0 Å². The number of halogens is 4. The molecule has 0 atom stereocenters. The van der Waals surface area contributed by atoms with Crippen molar-refractivity contribution in [3.8, 4) is 0 Å². The van der Waals surface area contributed by atoms with Crippen LogP contribution < -0.4 is 10.9 Å². The second-order valence-electron chi connectivity index (χ2n) is 6.45. The normalized spacial score (nSPS) is 11.5. The van der Waals surface area contributed by atoms with Crippen LogP contribution in [0.15, 0.2) is 47.3 Å². The zero-order valence-electron chi connectivity index (χ0n) is 15.1. The van der Waals surface area contributed by atoms with Gasteiger partial charge in [-0.1, -0.05) is 29.8 Å². The lowest BCUT2D eigenvalue weighted by Crippen LogP contribution is -2.26. The van der Waals surface area contributed by atoms with Crippen LogP contribution in [0.1, 0.15) is 27.0 Å². The summed E-state index contributed by atoms with van der Waals surface area (Å²) in [4.78, 5) is 37.8. The molecule has 30 heavy (non-hydrogen) atoms. The quantitative estimate of drug-likeness (QED) is 0.565. The highest BCUT2D eigenvalue weighted by atomic mass is 35.5. The Morgan fingerprint density at radius 2 is 1.80 bits per heavy atom. The van der Waals surface area contributed by atoms with Gasteiger partial charge in [0.1, 0.15) is 5.56 Å². The Hall–Kier alpha value is -3.33. The summed E-state index contributed by atoms with van der Waals surface area (Å²) in [5.74, 6) is -2.07. The number of carboxylic acid groups (broad SMARTS) is 1. The van der Waals surface area contributed by atoms with Crippen LogP contribution in [0, 0.1) is 0 Å². The molecule has 1 heterocycles. The number of aromatic amines is 1. The minimum atomic E-state index is -4.58. The van der Waals surface area contributed by atoms with E-state index >= 15 is 0 Å². The van der Waals surface area contributed by atoms with Crippen LogP contribution >= 0.6 is 11.6 Å². The molecule has 0 aliphatic rings. The number of hydrogen-bond acceptors (Lipinski definition) is 3. The largest absolute Gasteiger partial charge is 0.477 e. The van der Waals surface area contributed by atoms with Gasteiger partial charge in [0.25, 0.3) is 5.56 Å². The molecule has 156 valence electrons. The van der Waals surface area contributed by atoms with Crippen molar-refractivity contribution in [3.05, 3.63) is 80.1 Å². The molecule has 3 aromatic rings. The molecule has 0 aliphatic heterocycles. The number of fused-ring (bicyclic) bond motifs is 1. The van der Waals surface area contributed by atoms with E-state index in [0.29, 0.717) is 10.9 Å². The number of carbonyl (C=O) groups excluding carboxylic acids is 1. The highest BCUT2D eigenvalue weighted by Gasteiger charge is 2.33. The van der Waals surface area contributed by atoms with Gasteiger partial charge >= 0.3 is 12.1 Å². The highest BCUT2D eigenvalue weighted by Crippen LogP contribution is 2.32. The minimum Gasteiger partial charge on any atom is -0.477 e. The smallest absolute Gasteiger partial charge is 0.416 e. The van der Waals surface area contributed by atoms with E-state index in [1.807, 2.05) is 0 Å². The molecule has 0 saturated heterocycles. The number of aromatic carboxylic acids is 1. The molecule has 1 amide bonds. The molecule has 10 heteroatoms. The van der Waals surface area contributed by atoms with Crippen molar-refractivity contribution in [1.82, 2.24) is 10.3 Å². The van der Waals surface area contributed by atoms with Crippen LogP contribution in [0.2, 0.25) is 5.02 Å². The van der Waals surface area contributed by atoms with Crippen LogP contribution in [0.5, 0.6) is 0 Å². The molecular weight excluding hydrogens is 425 g/mol. The summed E-state index contributed by atoms with van der Waals surface area (Å²) in [6.07, 6.45) is -5.07. The van der Waals surface area contributed by atoms with E-state index in [2.05, 4.69) is 10.3 Å². The molecule has 3 N–H and O–H groups in total. The third kappa shape index (κ3) is 4.62. The number of carbonyl (C=O) groups is 2. The Labute approximate surface area is 172 Å². The lowest BCUT2D eigenvalue weighted by molar-refractivity contribution is -0.138. The third-order valence-electron chi connectivity index (χ3n) is 4.38. The van der Waals surface area contributed by atoms with E-state index in [-0.39, 0.29) is 22.6 Å². The Balaban J connectivity index is 1.84. The number of pyridine rings is 1. The Kier molecular flexibility index (Phi) is 5.84. The van der Waals surface area contributed by atoms with Gasteiger partial charge in [-0.3, -0.25) is 9.59 Å². The molecule has 2 aromatic carbocycles. The molecule has 3 rings (SSSR count). The van der Waals surface area contributed by atoms with Crippen molar-refractivity contribution in [1.29, 1.82) is 0 Å². The lowest BCUT2D eigenvalue weighted by atomic mass is 10.0. The summed E-state index contributed by atoms with van der Waals surface area (Å²) in [5.41, 5.74) is -1.71. The number of rotatable bonds is 5. The summed E-state index contributed by atoms with van der Waals surface area (Å²) in [6.45, 7) is -0.133. The van der Waals surface area contributed by atoms with Gasteiger partial charge in [0.05, 0.1) is 17.5 Å². The van der Waals surface area contributed by atoms with Gasteiger partial charge in [-0.2, -0.15) is 13.2 Å². The first kappa shape index (κ1) is 21.4. The van der Waals surface area contributed by atoms with Crippen LogP contribution in [0.3, 0.4) is 0 Å². The second kappa shape index (κ2) is 8.19. The van der Waals surface area contributed by atoms with E-state index in [1.165, 1.54) is 30.3 Å². The average Bonchev–Trinajstić information content (AvgIpc) is 2.65. The van der Waals surface area contributed by atoms with Crippen molar-refractivity contribution in [3.63, 3.8) is 0 Å². The van der Waals surface area contributed by atoms with Crippen LogP contribution in [0.4, 0.5) is 13.2 Å². The van der Waals surface area contributed by atoms with Gasteiger partial charge in [-0.15, -0.1) is 0 Å². The average molecular weight is 439 g/mol. The Morgan fingerprint density at radius 1 is 1.10 bits per heavy atom. The van der Waals surface area contributed by atoms with Crippen LogP contribution in [-0.4, -0.2) is 22.0 Å². The molecular formula is C20H14ClF3N2O4. The predicted molar refractivity (Wildman–Crippen MR) is 104 cm³/mol. The van der Waals surface area contributed by atoms with E-state index in [9.17, 15) is 27.6 Å². The number of hydrogen-bond donors (Lipinski definition) is 3. The predicted octanol–water partition coefficient (Wildman–Crippen LogP) is 3.76. The zero-order valence-corrected chi connectivity index (χ0v) is 15.9. The first-order valence-corrected chi connectivity index (χ1v) is 8.94.